The summed E-state index contributed by atoms with van der Waals surface area (Å²) in [7, 11) is 1.30. The summed E-state index contributed by atoms with van der Waals surface area (Å²) in [4.78, 5) is 62.0. The quantitative estimate of drug-likeness (QED) is 0.0621. The number of halogens is 3. The number of carbonyl (C=O) groups is 2. The average molecular weight is 733 g/mol. The number of hydrogen-bond donors (Lipinski definition) is 2. The molecule has 0 radical (unpaired) electrons. The Bertz CT molecular complexity index is 1810. The summed E-state index contributed by atoms with van der Waals surface area (Å²) in [6.45, 7) is 0.265. The van der Waals surface area contributed by atoms with Crippen molar-refractivity contribution < 1.29 is 48.0 Å². The van der Waals surface area contributed by atoms with Crippen LogP contribution < -0.4 is 25.5 Å². The van der Waals surface area contributed by atoms with E-state index in [-0.39, 0.29) is 69.3 Å². The van der Waals surface area contributed by atoms with Crippen LogP contribution in [0.2, 0.25) is 15.1 Å². The number of aliphatic hydroxyl groups is 1. The van der Waals surface area contributed by atoms with Gasteiger partial charge in [0.05, 0.1) is 51.9 Å². The van der Waals surface area contributed by atoms with Gasteiger partial charge in [-0.05, 0) is 25.5 Å². The summed E-state index contributed by atoms with van der Waals surface area (Å²) in [5.74, 6) is -0.542. The first-order valence-electron chi connectivity index (χ1n) is 14.1. The Morgan fingerprint density at radius 3 is 2.52 bits per heavy atom. The Hall–Kier alpha value is -4.35. The van der Waals surface area contributed by atoms with Crippen molar-refractivity contribution in [1.82, 2.24) is 9.55 Å². The van der Waals surface area contributed by atoms with Crippen LogP contribution in [-0.4, -0.2) is 64.2 Å². The zero-order valence-electron chi connectivity index (χ0n) is 25.2. The number of methoxy groups -OCH3 is 1. The number of nitro groups is 1. The maximum atomic E-state index is 12.6. The minimum atomic E-state index is -1.23. The van der Waals surface area contributed by atoms with E-state index in [9.17, 15) is 34.4 Å². The lowest BCUT2D eigenvalue weighted by Crippen LogP contribution is -2.33. The Morgan fingerprint density at radius 2 is 1.83 bits per heavy atom. The highest BCUT2D eigenvalue weighted by Gasteiger charge is 2.39. The summed E-state index contributed by atoms with van der Waals surface area (Å²) in [6.07, 6.45) is -2.99. The summed E-state index contributed by atoms with van der Waals surface area (Å²) in [5.41, 5.74) is -1.60. The molecule has 1 aliphatic rings. The molecular weight excluding hydrogens is 705 g/mol. The number of benzene rings is 2. The fraction of sp³-hybridized carbons (Fsp3) is 0.379. The second-order valence-electron chi connectivity index (χ2n) is 10.2. The lowest BCUT2D eigenvalue weighted by molar-refractivity contribution is -0.385. The summed E-state index contributed by atoms with van der Waals surface area (Å²) in [6, 6.07) is 4.97. The van der Waals surface area contributed by atoms with Gasteiger partial charge in [-0.2, -0.15) is 0 Å². The fourth-order valence-corrected chi connectivity index (χ4v) is 5.13. The van der Waals surface area contributed by atoms with E-state index < -0.39 is 65.6 Å². The van der Waals surface area contributed by atoms with Gasteiger partial charge in [-0.1, -0.05) is 34.8 Å². The van der Waals surface area contributed by atoms with E-state index >= 15 is 0 Å². The average Bonchev–Trinajstić information content (AvgIpc) is 3.44. The van der Waals surface area contributed by atoms with Gasteiger partial charge in [0.25, 0.3) is 11.2 Å². The molecule has 4 rings (SSSR count). The Kier molecular flexibility index (Phi) is 12.3. The van der Waals surface area contributed by atoms with E-state index in [4.69, 9.17) is 63.2 Å². The van der Waals surface area contributed by atoms with Crippen LogP contribution in [0.1, 0.15) is 36.6 Å². The molecule has 1 aromatic heterocycles. The number of nitrogens with zero attached hydrogens (tertiary/aromatic N) is 2. The number of ether oxygens (including phenoxy) is 6. The highest BCUT2D eigenvalue weighted by atomic mass is 35.5. The number of H-pyrrole nitrogens is 1. The number of hydrogen-bond acceptors (Lipinski definition) is 13. The predicted molar refractivity (Wildman–Crippen MR) is 168 cm³/mol. The van der Waals surface area contributed by atoms with E-state index in [0.29, 0.717) is 0 Å². The summed E-state index contributed by atoms with van der Waals surface area (Å²) < 4.78 is 33.3. The predicted octanol–water partition coefficient (Wildman–Crippen LogP) is 4.49. The van der Waals surface area contributed by atoms with Gasteiger partial charge in [0.15, 0.2) is 17.2 Å². The fourth-order valence-electron chi connectivity index (χ4n) is 4.56. The van der Waals surface area contributed by atoms with Crippen molar-refractivity contribution >= 4 is 52.6 Å². The molecule has 1 fully saturated rings. The van der Waals surface area contributed by atoms with Crippen LogP contribution >= 0.6 is 34.8 Å². The van der Waals surface area contributed by atoms with Gasteiger partial charge in [0.2, 0.25) is 0 Å². The number of aromatic nitrogens is 2. The lowest BCUT2D eigenvalue weighted by atomic mass is 10.1. The minimum Gasteiger partial charge on any atom is -0.493 e. The largest absolute Gasteiger partial charge is 0.508 e. The summed E-state index contributed by atoms with van der Waals surface area (Å²) >= 11 is 17.8. The molecule has 48 heavy (non-hydrogen) atoms. The SMILES string of the molecule is COc1cc(COC(=O)O[C@H]2C[C@H](n3cc(C)c(=O)[nH]c3=O)O[C@@H]2CO)c([N+](=O)[O-])cc1OCCCC(=O)Oc1cc(Cl)c(Cl)cc1Cl. The molecule has 3 aromatic rings. The zero-order chi connectivity index (χ0) is 35.1. The van der Waals surface area contributed by atoms with E-state index in [0.717, 1.165) is 10.6 Å². The zero-order valence-corrected chi connectivity index (χ0v) is 27.5. The normalized spacial score (nSPS) is 17.1. The van der Waals surface area contributed by atoms with Gasteiger partial charge >= 0.3 is 17.8 Å². The molecule has 2 heterocycles. The number of aryl methyl sites for hydroxylation is 1. The van der Waals surface area contributed by atoms with Crippen LogP contribution in [0.3, 0.4) is 0 Å². The van der Waals surface area contributed by atoms with Crippen molar-refractivity contribution in [2.75, 3.05) is 20.3 Å². The van der Waals surface area contributed by atoms with Gasteiger partial charge in [0, 0.05) is 30.7 Å². The molecule has 2 N–H and O–H groups in total. The highest BCUT2D eigenvalue weighted by Crippen LogP contribution is 2.36. The van der Waals surface area contributed by atoms with Gasteiger partial charge in [-0.25, -0.2) is 9.59 Å². The number of rotatable bonds is 13. The first kappa shape index (κ1) is 36.5. The molecule has 1 aliphatic heterocycles. The third-order valence-electron chi connectivity index (χ3n) is 6.95. The topological polar surface area (TPSA) is 208 Å². The number of aromatic amines is 1. The van der Waals surface area contributed by atoms with Gasteiger partial charge < -0.3 is 33.5 Å². The number of aliphatic hydroxyl groups excluding tert-OH is 1. The van der Waals surface area contributed by atoms with Crippen LogP contribution in [0.15, 0.2) is 40.1 Å². The van der Waals surface area contributed by atoms with Crippen LogP contribution in [0.5, 0.6) is 17.2 Å². The molecule has 0 bridgehead atoms. The Balaban J connectivity index is 1.34. The van der Waals surface area contributed by atoms with E-state index in [1.807, 2.05) is 0 Å². The van der Waals surface area contributed by atoms with Crippen LogP contribution in [0, 0.1) is 17.0 Å². The lowest BCUT2D eigenvalue weighted by Gasteiger charge is -2.16. The molecule has 3 atom stereocenters. The third-order valence-corrected chi connectivity index (χ3v) is 7.97. The molecule has 0 spiro atoms. The van der Waals surface area contributed by atoms with Crippen molar-refractivity contribution in [3.8, 4) is 17.2 Å². The second-order valence-corrected chi connectivity index (χ2v) is 11.5. The van der Waals surface area contributed by atoms with Gasteiger partial charge in [0.1, 0.15) is 25.0 Å². The molecule has 0 aliphatic carbocycles. The molecule has 0 amide bonds. The smallest absolute Gasteiger partial charge is 0.493 e. The first-order valence-corrected chi connectivity index (χ1v) is 15.2. The van der Waals surface area contributed by atoms with Crippen LogP contribution in [0.25, 0.3) is 0 Å². The van der Waals surface area contributed by atoms with Gasteiger partial charge in [-0.3, -0.25) is 29.3 Å². The van der Waals surface area contributed by atoms with Crippen molar-refractivity contribution in [2.24, 2.45) is 0 Å². The van der Waals surface area contributed by atoms with E-state index in [1.165, 1.54) is 38.4 Å². The Morgan fingerprint density at radius 1 is 1.10 bits per heavy atom. The molecule has 0 unspecified atom stereocenters. The second kappa shape index (κ2) is 16.2. The van der Waals surface area contributed by atoms with Crippen molar-refractivity contribution in [2.45, 2.75) is 51.2 Å². The number of esters is 1. The molecule has 0 saturated carbocycles. The van der Waals surface area contributed by atoms with E-state index in [2.05, 4.69) is 4.98 Å². The number of nitrogens with one attached hydrogen (secondary N) is 1. The maximum Gasteiger partial charge on any atom is 0.508 e. The molecule has 1 saturated heterocycles. The molecule has 2 aromatic carbocycles. The minimum absolute atomic E-state index is 0.0101. The van der Waals surface area contributed by atoms with Crippen LogP contribution in [-0.2, 0) is 25.6 Å². The number of nitro benzene ring substituents is 1. The monoisotopic (exact) mass is 731 g/mol. The van der Waals surface area contributed by atoms with E-state index in [1.54, 1.807) is 0 Å². The van der Waals surface area contributed by atoms with Gasteiger partial charge in [-0.15, -0.1) is 0 Å². The van der Waals surface area contributed by atoms with Crippen molar-refractivity contribution in [3.05, 3.63) is 87.6 Å². The van der Waals surface area contributed by atoms with Crippen LogP contribution in [0.4, 0.5) is 10.5 Å². The first-order chi connectivity index (χ1) is 22.8. The summed E-state index contributed by atoms with van der Waals surface area (Å²) in [5, 5.41) is 22.0. The maximum absolute atomic E-state index is 12.6. The van der Waals surface area contributed by atoms with Crippen molar-refractivity contribution in [1.29, 1.82) is 0 Å². The number of carbonyl (C=O) groups excluding carboxylic acids is 2. The molecular formula is C29H28Cl3N3O13. The molecule has 258 valence electrons. The standard InChI is InChI=1S/C29H28Cl3N3O13/c1-14-11-34(28(39)33-27(14)38)25-10-23(24(12-36)46-25)48-29(40)45-13-15-6-21(43-2)22(9-19(15)35(41)42)44-5-3-4-26(37)47-20-8-17(31)16(30)7-18(20)32/h6-9,11,23-25,36H,3-5,10,12-13H2,1-2H3,(H,33,38,39)/t23-,24+,25+/m0/s1. The van der Waals surface area contributed by atoms with Crippen molar-refractivity contribution in [3.63, 3.8) is 0 Å². The molecule has 19 heteroatoms. The highest BCUT2D eigenvalue weighted by molar-refractivity contribution is 6.43. The Labute approximate surface area is 286 Å². The molecule has 16 nitrogen and oxygen atoms in total. The third kappa shape index (κ3) is 8.96.